The summed E-state index contributed by atoms with van der Waals surface area (Å²) in [6, 6.07) is 10.0. The van der Waals surface area contributed by atoms with Gasteiger partial charge in [0, 0.05) is 61.9 Å². The second-order valence-electron chi connectivity index (χ2n) is 11.6. The number of nitrogens with one attached hydrogen (secondary N) is 2. The Hall–Kier alpha value is -4.73. The van der Waals surface area contributed by atoms with Gasteiger partial charge in [-0.25, -0.2) is 32.7 Å². The van der Waals surface area contributed by atoms with Crippen molar-refractivity contribution in [2.45, 2.75) is 32.4 Å². The van der Waals surface area contributed by atoms with Crippen LogP contribution in [-0.4, -0.2) is 93.1 Å². The van der Waals surface area contributed by atoms with Gasteiger partial charge in [0.25, 0.3) is 5.56 Å². The maximum absolute atomic E-state index is 14.1. The first kappa shape index (κ1) is 31.3. The van der Waals surface area contributed by atoms with Crippen molar-refractivity contribution in [3.8, 4) is 22.8 Å². The average molecular weight is 645 g/mol. The smallest absolute Gasteiger partial charge is 0.261 e. The summed E-state index contributed by atoms with van der Waals surface area (Å²) < 4.78 is 32.3. The lowest BCUT2D eigenvalue weighted by Crippen LogP contribution is -2.39. The lowest BCUT2D eigenvalue weighted by Gasteiger charge is -2.30. The number of aryl methyl sites for hydroxylation is 1. The Bertz CT molecular complexity index is 2010. The van der Waals surface area contributed by atoms with Crippen LogP contribution < -0.4 is 16.2 Å². The SMILES string of the molecule is Cc1cnc(-c2cnco2)nc1-c1cc2cnc(Nc3ccc(NC4CCCN(C)C4)cc3)nc2n(CCN(C)S(C)(=O)=O)c1=O. The first-order valence-corrected chi connectivity index (χ1v) is 16.8. The summed E-state index contributed by atoms with van der Waals surface area (Å²) in [5.74, 6) is 0.941. The molecule has 0 saturated carbocycles. The van der Waals surface area contributed by atoms with Gasteiger partial charge < -0.3 is 20.0 Å². The minimum Gasteiger partial charge on any atom is -0.440 e. The number of nitrogens with zero attached hydrogens (tertiary/aromatic N) is 8. The third-order valence-corrected chi connectivity index (χ3v) is 9.36. The van der Waals surface area contributed by atoms with Crippen molar-refractivity contribution in [2.24, 2.45) is 0 Å². The zero-order valence-corrected chi connectivity index (χ0v) is 27.0. The number of fused-ring (bicyclic) bond motifs is 1. The van der Waals surface area contributed by atoms with Gasteiger partial charge in [-0.1, -0.05) is 0 Å². The highest BCUT2D eigenvalue weighted by Crippen LogP contribution is 2.26. The van der Waals surface area contributed by atoms with Crippen molar-refractivity contribution in [1.29, 1.82) is 0 Å². The Morgan fingerprint density at radius 3 is 2.59 bits per heavy atom. The van der Waals surface area contributed by atoms with Gasteiger partial charge in [0.05, 0.1) is 23.7 Å². The lowest BCUT2D eigenvalue weighted by atomic mass is 10.1. The van der Waals surface area contributed by atoms with Gasteiger partial charge in [0.2, 0.25) is 16.0 Å². The predicted octanol–water partition coefficient (Wildman–Crippen LogP) is 3.35. The van der Waals surface area contributed by atoms with Gasteiger partial charge >= 0.3 is 0 Å². The number of pyridine rings is 1. The van der Waals surface area contributed by atoms with Crippen molar-refractivity contribution >= 4 is 38.4 Å². The number of anilines is 3. The molecule has 46 heavy (non-hydrogen) atoms. The van der Waals surface area contributed by atoms with Gasteiger partial charge in [-0.3, -0.25) is 9.36 Å². The number of hydrogen-bond donors (Lipinski definition) is 2. The number of rotatable bonds is 10. The molecule has 15 heteroatoms. The van der Waals surface area contributed by atoms with Crippen molar-refractivity contribution in [3.63, 3.8) is 0 Å². The zero-order chi connectivity index (χ0) is 32.4. The summed E-state index contributed by atoms with van der Waals surface area (Å²) in [5.41, 5.74) is 3.18. The van der Waals surface area contributed by atoms with Crippen molar-refractivity contribution in [2.75, 3.05) is 50.6 Å². The third kappa shape index (κ3) is 6.90. The molecule has 0 spiro atoms. The van der Waals surface area contributed by atoms with Gasteiger partial charge in [-0.2, -0.15) is 4.98 Å². The van der Waals surface area contributed by atoms with Gasteiger partial charge in [0.15, 0.2) is 18.0 Å². The number of oxazole rings is 1. The molecule has 5 aromatic rings. The van der Waals surface area contributed by atoms with Gasteiger partial charge in [0.1, 0.15) is 5.65 Å². The van der Waals surface area contributed by atoms with Crippen LogP contribution in [0.15, 0.2) is 64.5 Å². The number of hydrogen-bond acceptors (Lipinski definition) is 12. The normalized spacial score (nSPS) is 15.8. The fourth-order valence-electron chi connectivity index (χ4n) is 5.46. The molecule has 1 aliphatic rings. The van der Waals surface area contributed by atoms with Gasteiger partial charge in [-0.15, -0.1) is 0 Å². The maximum atomic E-state index is 14.1. The highest BCUT2D eigenvalue weighted by atomic mass is 32.2. The van der Waals surface area contributed by atoms with Crippen LogP contribution in [0.4, 0.5) is 17.3 Å². The second-order valence-corrected chi connectivity index (χ2v) is 13.7. The first-order chi connectivity index (χ1) is 22.0. The molecule has 0 radical (unpaired) electrons. The van der Waals surface area contributed by atoms with Crippen molar-refractivity contribution in [1.82, 2.24) is 38.7 Å². The third-order valence-electron chi connectivity index (χ3n) is 8.05. The van der Waals surface area contributed by atoms with Crippen molar-refractivity contribution in [3.05, 3.63) is 71.2 Å². The van der Waals surface area contributed by atoms with Crippen LogP contribution in [0.2, 0.25) is 0 Å². The number of likely N-dealkylation sites (tertiary alicyclic amines) is 1. The Balaban J connectivity index is 1.34. The molecule has 5 heterocycles. The van der Waals surface area contributed by atoms with E-state index in [1.807, 2.05) is 31.2 Å². The molecule has 0 bridgehead atoms. The van der Waals surface area contributed by atoms with Crippen LogP contribution in [0.1, 0.15) is 18.4 Å². The van der Waals surface area contributed by atoms with E-state index in [1.54, 1.807) is 18.5 Å². The lowest BCUT2D eigenvalue weighted by molar-refractivity contribution is 0.261. The molecular formula is C31H36N10O4S. The number of likely N-dealkylation sites (N-methyl/N-ethyl adjacent to an activating group) is 2. The molecule has 14 nitrogen and oxygen atoms in total. The van der Waals surface area contributed by atoms with E-state index >= 15 is 0 Å². The molecule has 1 aliphatic heterocycles. The maximum Gasteiger partial charge on any atom is 0.261 e. The minimum atomic E-state index is -3.48. The monoisotopic (exact) mass is 644 g/mol. The molecule has 0 amide bonds. The largest absolute Gasteiger partial charge is 0.440 e. The van der Waals surface area contributed by atoms with Crippen molar-refractivity contribution < 1.29 is 12.8 Å². The highest BCUT2D eigenvalue weighted by molar-refractivity contribution is 7.88. The quantitative estimate of drug-likeness (QED) is 0.228. The standard InChI is InChI=1S/C31H36N10O4S/c1-20-15-33-28(26-17-32-19-45-26)37-27(20)25-14-21-16-34-31(38-29(21)41(30(25)42)13-12-40(3)46(4,43)44)36-23-9-7-22(8-10-23)35-24-6-5-11-39(2)18-24/h7-10,14-17,19,24,35H,5-6,11-13,18H2,1-4H3,(H,34,36,38). The molecule has 240 valence electrons. The van der Waals surface area contributed by atoms with Crippen LogP contribution in [0.3, 0.4) is 0 Å². The molecule has 1 fully saturated rings. The Kier molecular flexibility index (Phi) is 8.80. The zero-order valence-electron chi connectivity index (χ0n) is 26.1. The van der Waals surface area contributed by atoms with E-state index in [0.29, 0.717) is 45.6 Å². The Morgan fingerprint density at radius 1 is 1.09 bits per heavy atom. The topological polar surface area (TPSA) is 164 Å². The Labute approximate surface area is 266 Å². The molecule has 1 saturated heterocycles. The highest BCUT2D eigenvalue weighted by Gasteiger charge is 2.20. The van der Waals surface area contributed by atoms with Crippen LogP contribution in [0.25, 0.3) is 33.9 Å². The van der Waals surface area contributed by atoms with E-state index < -0.39 is 10.0 Å². The summed E-state index contributed by atoms with van der Waals surface area (Å²) in [6.07, 6.45) is 9.46. The molecule has 4 aromatic heterocycles. The first-order valence-electron chi connectivity index (χ1n) is 14.9. The number of benzene rings is 1. The van der Waals surface area contributed by atoms with E-state index in [9.17, 15) is 13.2 Å². The molecular weight excluding hydrogens is 608 g/mol. The van der Waals surface area contributed by atoms with E-state index in [4.69, 9.17) is 9.40 Å². The summed E-state index contributed by atoms with van der Waals surface area (Å²) in [5, 5.41) is 7.42. The number of piperidine rings is 1. The van der Waals surface area contributed by atoms with E-state index in [1.165, 1.54) is 34.9 Å². The van der Waals surface area contributed by atoms with E-state index in [0.717, 1.165) is 37.1 Å². The predicted molar refractivity (Wildman–Crippen MR) is 176 cm³/mol. The van der Waals surface area contributed by atoms with Crippen LogP contribution in [0, 0.1) is 6.92 Å². The molecule has 0 aliphatic carbocycles. The summed E-state index contributed by atoms with van der Waals surface area (Å²) in [4.78, 5) is 38.5. The molecule has 1 unspecified atom stereocenters. The van der Waals surface area contributed by atoms with Crippen LogP contribution >= 0.6 is 0 Å². The second kappa shape index (κ2) is 12.9. The number of aromatic nitrogens is 6. The minimum absolute atomic E-state index is 0.0546. The fourth-order valence-corrected chi connectivity index (χ4v) is 5.87. The summed E-state index contributed by atoms with van der Waals surface area (Å²) in [7, 11) is 0.136. The molecule has 1 aromatic carbocycles. The Morgan fingerprint density at radius 2 is 1.87 bits per heavy atom. The molecule has 2 N–H and O–H groups in total. The van der Waals surface area contributed by atoms with Gasteiger partial charge in [-0.05, 0) is 69.3 Å². The van der Waals surface area contributed by atoms with E-state index in [-0.39, 0.29) is 24.5 Å². The van der Waals surface area contributed by atoms with E-state index in [2.05, 4.69) is 42.5 Å². The van der Waals surface area contributed by atoms with Crippen LogP contribution in [-0.2, 0) is 16.6 Å². The molecule has 1 atom stereocenters. The summed E-state index contributed by atoms with van der Waals surface area (Å²) in [6.45, 7) is 4.05. The number of sulfonamides is 1. The fraction of sp³-hybridized carbons (Fsp3) is 0.355. The average Bonchev–Trinajstić information content (AvgIpc) is 3.57. The summed E-state index contributed by atoms with van der Waals surface area (Å²) >= 11 is 0. The molecule has 6 rings (SSSR count). The van der Waals surface area contributed by atoms with Crippen LogP contribution in [0.5, 0.6) is 0 Å².